The van der Waals surface area contributed by atoms with Gasteiger partial charge < -0.3 is 31.7 Å². The van der Waals surface area contributed by atoms with Crippen molar-refractivity contribution in [3.63, 3.8) is 0 Å². The number of aliphatic hydroxyl groups is 1. The third kappa shape index (κ3) is 6.38. The van der Waals surface area contributed by atoms with E-state index in [9.17, 15) is 24.3 Å². The van der Waals surface area contributed by atoms with Crippen molar-refractivity contribution in [1.29, 1.82) is 0 Å². The number of carbonyl (C=O) groups excluding carboxylic acids is 4. The summed E-state index contributed by atoms with van der Waals surface area (Å²) in [5, 5.41) is 19.0. The minimum Gasteiger partial charge on any atom is -0.381 e. The topological polar surface area (TPSA) is 154 Å². The summed E-state index contributed by atoms with van der Waals surface area (Å²) >= 11 is 0. The van der Waals surface area contributed by atoms with Crippen LogP contribution in [0.5, 0.6) is 0 Å². The number of primary amides is 1. The van der Waals surface area contributed by atoms with Gasteiger partial charge in [0.05, 0.1) is 6.04 Å². The second kappa shape index (κ2) is 10.1. The van der Waals surface area contributed by atoms with Gasteiger partial charge in [0.2, 0.25) is 17.7 Å². The quantitative estimate of drug-likeness (QED) is 0.328. The molecule has 2 saturated carbocycles. The van der Waals surface area contributed by atoms with Gasteiger partial charge in [0, 0.05) is 12.1 Å². The molecule has 2 aliphatic carbocycles. The molecule has 3 aliphatic rings. The maximum Gasteiger partial charge on any atom is 0.315 e. The number of fused-ring (bicyclic) bond motifs is 1. The predicted octanol–water partition coefficient (Wildman–Crippen LogP) is 1.50. The van der Waals surface area contributed by atoms with Gasteiger partial charge >= 0.3 is 6.03 Å². The number of hydrogen-bond donors (Lipinski definition) is 5. The molecule has 5 amide bonds. The van der Waals surface area contributed by atoms with E-state index in [0.717, 1.165) is 19.3 Å². The molecule has 6 N–H and O–H groups in total. The number of nitrogens with one attached hydrogen (secondary N) is 3. The lowest BCUT2D eigenvalue weighted by atomic mass is 9.79. The predicted molar refractivity (Wildman–Crippen MR) is 140 cm³/mol. The number of rotatable bonds is 8. The molecule has 6 atom stereocenters. The van der Waals surface area contributed by atoms with Crippen LogP contribution in [0.25, 0.3) is 0 Å². The molecule has 1 aliphatic heterocycles. The summed E-state index contributed by atoms with van der Waals surface area (Å²) in [5.41, 5.74) is 4.19. The molecule has 3 fully saturated rings. The molecule has 0 spiro atoms. The first-order valence-electron chi connectivity index (χ1n) is 13.5. The van der Waals surface area contributed by atoms with Gasteiger partial charge in [-0.25, -0.2) is 4.79 Å². The van der Waals surface area contributed by atoms with E-state index >= 15 is 0 Å². The number of carbonyl (C=O) groups is 4. The van der Waals surface area contributed by atoms with Crippen molar-refractivity contribution in [1.82, 2.24) is 20.9 Å². The van der Waals surface area contributed by atoms with Crippen molar-refractivity contribution < 1.29 is 24.3 Å². The summed E-state index contributed by atoms with van der Waals surface area (Å²) in [6.07, 6.45) is 2.03. The summed E-state index contributed by atoms with van der Waals surface area (Å²) < 4.78 is 0. The molecule has 37 heavy (non-hydrogen) atoms. The zero-order valence-corrected chi connectivity index (χ0v) is 23.7. The van der Waals surface area contributed by atoms with Gasteiger partial charge in [-0.05, 0) is 55.8 Å². The van der Waals surface area contributed by atoms with Gasteiger partial charge in [0.15, 0.2) is 6.10 Å². The highest BCUT2D eigenvalue weighted by Crippen LogP contribution is 2.65. The standard InChI is InChI=1S/C27H47N5O5/c1-25(2,3)20(30-24(37)31-26(4,5)6)23(36)32-13-15-17(27(15,7)8)18(32)22(35)29-16(19(33)21(28)34)12-14-10-9-11-14/h14-20,33H,9-13H2,1-8H3,(H2,28,34)(H,29,35)(H2,30,31,37)/t15-,16+,17-,18-,19+,20+/m0/s1. The first-order chi connectivity index (χ1) is 16.8. The molecule has 10 nitrogen and oxygen atoms in total. The molecule has 0 aromatic carbocycles. The van der Waals surface area contributed by atoms with E-state index in [1.807, 2.05) is 41.5 Å². The molecule has 3 rings (SSSR count). The van der Waals surface area contributed by atoms with Crippen LogP contribution in [0, 0.1) is 28.6 Å². The Labute approximate surface area is 220 Å². The van der Waals surface area contributed by atoms with E-state index in [0.29, 0.717) is 18.9 Å². The van der Waals surface area contributed by atoms with Crippen LogP contribution in [0.2, 0.25) is 0 Å². The second-order valence-corrected chi connectivity index (χ2v) is 14.0. The average molecular weight is 522 g/mol. The molecule has 0 aromatic heterocycles. The minimum absolute atomic E-state index is 0.0458. The fourth-order valence-electron chi connectivity index (χ4n) is 5.96. The Morgan fingerprint density at radius 3 is 2.11 bits per heavy atom. The van der Waals surface area contributed by atoms with E-state index in [1.54, 1.807) is 4.90 Å². The first kappa shape index (κ1) is 29.2. The molecule has 0 radical (unpaired) electrons. The van der Waals surface area contributed by atoms with E-state index < -0.39 is 47.1 Å². The fraction of sp³-hybridized carbons (Fsp3) is 0.852. The van der Waals surface area contributed by atoms with Gasteiger partial charge in [0.25, 0.3) is 0 Å². The van der Waals surface area contributed by atoms with Crippen LogP contribution in [0.4, 0.5) is 4.79 Å². The van der Waals surface area contributed by atoms with Gasteiger partial charge in [-0.3, -0.25) is 14.4 Å². The first-order valence-corrected chi connectivity index (χ1v) is 13.5. The highest BCUT2D eigenvalue weighted by molar-refractivity contribution is 5.94. The van der Waals surface area contributed by atoms with E-state index in [-0.39, 0.29) is 29.1 Å². The number of amides is 5. The summed E-state index contributed by atoms with van der Waals surface area (Å²) in [5.74, 6) is -1.15. The average Bonchev–Trinajstić information content (AvgIpc) is 3.06. The fourth-order valence-corrected chi connectivity index (χ4v) is 5.96. The van der Waals surface area contributed by atoms with Crippen LogP contribution in [-0.4, -0.2) is 70.1 Å². The zero-order valence-electron chi connectivity index (χ0n) is 23.7. The lowest BCUT2D eigenvalue weighted by molar-refractivity contribution is -0.144. The Bertz CT molecular complexity index is 917. The van der Waals surface area contributed by atoms with E-state index in [1.165, 1.54) is 0 Å². The third-order valence-electron chi connectivity index (χ3n) is 8.45. The summed E-state index contributed by atoms with van der Waals surface area (Å²) in [6.45, 7) is 15.8. The van der Waals surface area contributed by atoms with Gasteiger partial charge in [-0.1, -0.05) is 53.9 Å². The number of nitrogens with two attached hydrogens (primary N) is 1. The summed E-state index contributed by atoms with van der Waals surface area (Å²) in [7, 11) is 0. The molecular weight excluding hydrogens is 474 g/mol. The van der Waals surface area contributed by atoms with Gasteiger partial charge in [-0.2, -0.15) is 0 Å². The number of nitrogens with zero attached hydrogens (tertiary/aromatic N) is 1. The largest absolute Gasteiger partial charge is 0.381 e. The zero-order chi connectivity index (χ0) is 28.1. The third-order valence-corrected chi connectivity index (χ3v) is 8.45. The Hall–Kier alpha value is -2.36. The highest BCUT2D eigenvalue weighted by atomic mass is 16.3. The SMILES string of the molecule is CC(C)(C)NC(=O)N[C@H](C(=O)N1C[C@H]2[C@@H]([C@H]1C(=O)N[C@H](CC1CCC1)[C@@H](O)C(N)=O)C2(C)C)C(C)(C)C. The molecule has 0 unspecified atom stereocenters. The number of piperidine rings is 1. The highest BCUT2D eigenvalue weighted by Gasteiger charge is 2.69. The van der Waals surface area contributed by atoms with Crippen LogP contribution in [0.3, 0.4) is 0 Å². The van der Waals surface area contributed by atoms with Crippen LogP contribution in [-0.2, 0) is 14.4 Å². The molecule has 210 valence electrons. The molecule has 10 heteroatoms. The molecule has 1 saturated heterocycles. The maximum atomic E-state index is 13.9. The van der Waals surface area contributed by atoms with Crippen molar-refractivity contribution in [2.24, 2.45) is 34.3 Å². The number of hydrogen-bond acceptors (Lipinski definition) is 5. The monoisotopic (exact) mass is 521 g/mol. The Kier molecular flexibility index (Phi) is 7.95. The van der Waals surface area contributed by atoms with Crippen LogP contribution in [0.15, 0.2) is 0 Å². The Morgan fingerprint density at radius 1 is 1.05 bits per heavy atom. The van der Waals surface area contributed by atoms with Crippen molar-refractivity contribution in [3.8, 4) is 0 Å². The van der Waals surface area contributed by atoms with E-state index in [2.05, 4.69) is 29.8 Å². The van der Waals surface area contributed by atoms with Crippen LogP contribution in [0.1, 0.15) is 81.1 Å². The normalized spacial score (nSPS) is 27.3. The van der Waals surface area contributed by atoms with Gasteiger partial charge in [-0.15, -0.1) is 0 Å². The number of urea groups is 1. The van der Waals surface area contributed by atoms with Crippen molar-refractivity contribution >= 4 is 23.8 Å². The molecule has 1 heterocycles. The number of likely N-dealkylation sites (tertiary alicyclic amines) is 1. The van der Waals surface area contributed by atoms with Crippen LogP contribution >= 0.6 is 0 Å². The summed E-state index contributed by atoms with van der Waals surface area (Å²) in [6, 6.07) is -2.86. The number of aliphatic hydroxyl groups excluding tert-OH is 1. The van der Waals surface area contributed by atoms with E-state index in [4.69, 9.17) is 5.73 Å². The lowest BCUT2D eigenvalue weighted by Crippen LogP contribution is -2.62. The van der Waals surface area contributed by atoms with Crippen LogP contribution < -0.4 is 21.7 Å². The summed E-state index contributed by atoms with van der Waals surface area (Å²) in [4.78, 5) is 53.7. The molecular formula is C27H47N5O5. The minimum atomic E-state index is -1.50. The van der Waals surface area contributed by atoms with Crippen molar-refractivity contribution in [3.05, 3.63) is 0 Å². The molecule has 0 aromatic rings. The lowest BCUT2D eigenvalue weighted by Gasteiger charge is -2.39. The molecule has 0 bridgehead atoms. The Balaban J connectivity index is 1.83. The second-order valence-electron chi connectivity index (χ2n) is 14.0. The van der Waals surface area contributed by atoms with Gasteiger partial charge in [0.1, 0.15) is 12.1 Å². The Morgan fingerprint density at radius 2 is 1.65 bits per heavy atom. The van der Waals surface area contributed by atoms with Crippen molar-refractivity contribution in [2.75, 3.05) is 6.54 Å². The maximum absolute atomic E-state index is 13.9. The van der Waals surface area contributed by atoms with Crippen molar-refractivity contribution in [2.45, 2.75) is 111 Å². The smallest absolute Gasteiger partial charge is 0.315 e.